The Bertz CT molecular complexity index is 343. The molecule has 0 bridgehead atoms. The number of rotatable bonds is 8. The van der Waals surface area contributed by atoms with Crippen LogP contribution in [0.2, 0.25) is 0 Å². The first-order valence-electron chi connectivity index (χ1n) is 7.06. The average molecular weight is 268 g/mol. The molecule has 0 saturated carbocycles. The molecule has 102 valence electrons. The van der Waals surface area contributed by atoms with Gasteiger partial charge in [-0.05, 0) is 25.7 Å². The molecule has 18 heavy (non-hydrogen) atoms. The molecule has 0 fully saturated rings. The van der Waals surface area contributed by atoms with Crippen molar-refractivity contribution in [2.45, 2.75) is 51.5 Å². The summed E-state index contributed by atoms with van der Waals surface area (Å²) in [7, 11) is 1.75. The minimum atomic E-state index is 0.427. The second-order valence-corrected chi connectivity index (χ2v) is 6.03. The SMILES string of the molecule is CCCCC(NCCOC)c1nc2c(s1)CCC2. The van der Waals surface area contributed by atoms with Crippen LogP contribution in [0, 0.1) is 0 Å². The van der Waals surface area contributed by atoms with Crippen molar-refractivity contribution in [3.05, 3.63) is 15.6 Å². The van der Waals surface area contributed by atoms with Gasteiger partial charge in [0.05, 0.1) is 18.3 Å². The molecule has 1 aromatic heterocycles. The van der Waals surface area contributed by atoms with Crippen LogP contribution in [0.3, 0.4) is 0 Å². The number of aromatic nitrogens is 1. The molecule has 0 aliphatic heterocycles. The van der Waals surface area contributed by atoms with Gasteiger partial charge in [-0.25, -0.2) is 4.98 Å². The lowest BCUT2D eigenvalue weighted by Crippen LogP contribution is -2.25. The summed E-state index contributed by atoms with van der Waals surface area (Å²) in [5, 5.41) is 4.88. The van der Waals surface area contributed by atoms with Crippen LogP contribution in [0.5, 0.6) is 0 Å². The Morgan fingerprint density at radius 1 is 1.44 bits per heavy atom. The Hall–Kier alpha value is -0.450. The second-order valence-electron chi connectivity index (χ2n) is 4.92. The highest BCUT2D eigenvalue weighted by Crippen LogP contribution is 2.32. The lowest BCUT2D eigenvalue weighted by Gasteiger charge is -2.16. The maximum Gasteiger partial charge on any atom is 0.110 e. The molecule has 1 heterocycles. The maximum absolute atomic E-state index is 5.11. The first-order chi connectivity index (χ1) is 8.85. The van der Waals surface area contributed by atoms with Crippen LogP contribution in [0.1, 0.15) is 54.2 Å². The van der Waals surface area contributed by atoms with Gasteiger partial charge in [-0.1, -0.05) is 19.8 Å². The maximum atomic E-state index is 5.11. The van der Waals surface area contributed by atoms with E-state index in [9.17, 15) is 0 Å². The highest BCUT2D eigenvalue weighted by Gasteiger charge is 2.21. The third-order valence-electron chi connectivity index (χ3n) is 3.45. The van der Waals surface area contributed by atoms with Gasteiger partial charge in [0.15, 0.2) is 0 Å². The number of unbranched alkanes of at least 4 members (excludes halogenated alkanes) is 1. The standard InChI is InChI=1S/C14H24N2OS/c1-3-4-6-12(15-9-10-17-2)14-16-11-7-5-8-13(11)18-14/h12,15H,3-10H2,1-2H3. The summed E-state index contributed by atoms with van der Waals surface area (Å²) < 4.78 is 5.11. The van der Waals surface area contributed by atoms with E-state index < -0.39 is 0 Å². The number of ether oxygens (including phenoxy) is 1. The molecule has 1 N–H and O–H groups in total. The van der Waals surface area contributed by atoms with Crippen molar-refractivity contribution in [3.63, 3.8) is 0 Å². The topological polar surface area (TPSA) is 34.1 Å². The lowest BCUT2D eigenvalue weighted by molar-refractivity contribution is 0.195. The fourth-order valence-corrected chi connectivity index (χ4v) is 3.68. The fourth-order valence-electron chi connectivity index (χ4n) is 2.42. The summed E-state index contributed by atoms with van der Waals surface area (Å²) >= 11 is 1.92. The summed E-state index contributed by atoms with van der Waals surface area (Å²) in [6.45, 7) is 3.93. The van der Waals surface area contributed by atoms with Gasteiger partial charge in [-0.3, -0.25) is 0 Å². The van der Waals surface area contributed by atoms with Crippen LogP contribution < -0.4 is 5.32 Å². The molecule has 3 nitrogen and oxygen atoms in total. The molecule has 2 rings (SSSR count). The zero-order valence-electron chi connectivity index (χ0n) is 11.5. The molecule has 1 aromatic rings. The van der Waals surface area contributed by atoms with Crippen LogP contribution in [-0.4, -0.2) is 25.2 Å². The van der Waals surface area contributed by atoms with Gasteiger partial charge in [-0.15, -0.1) is 11.3 Å². The van der Waals surface area contributed by atoms with Gasteiger partial charge in [0.2, 0.25) is 0 Å². The summed E-state index contributed by atoms with van der Waals surface area (Å²) in [5.74, 6) is 0. The van der Waals surface area contributed by atoms with Crippen molar-refractivity contribution >= 4 is 11.3 Å². The number of hydrogen-bond donors (Lipinski definition) is 1. The van der Waals surface area contributed by atoms with Crippen molar-refractivity contribution < 1.29 is 4.74 Å². The van der Waals surface area contributed by atoms with Crippen LogP contribution in [0.25, 0.3) is 0 Å². The predicted molar refractivity (Wildman–Crippen MR) is 76.3 cm³/mol. The summed E-state index contributed by atoms with van der Waals surface area (Å²) in [6.07, 6.45) is 7.41. The number of methoxy groups -OCH3 is 1. The van der Waals surface area contributed by atoms with E-state index in [1.165, 1.54) is 54.1 Å². The van der Waals surface area contributed by atoms with E-state index in [4.69, 9.17) is 9.72 Å². The molecule has 1 aliphatic carbocycles. The minimum Gasteiger partial charge on any atom is -0.383 e. The zero-order chi connectivity index (χ0) is 12.8. The van der Waals surface area contributed by atoms with E-state index in [2.05, 4.69) is 12.2 Å². The smallest absolute Gasteiger partial charge is 0.110 e. The van der Waals surface area contributed by atoms with Crippen LogP contribution in [0.4, 0.5) is 0 Å². The largest absolute Gasteiger partial charge is 0.383 e. The van der Waals surface area contributed by atoms with Crippen molar-refractivity contribution in [2.75, 3.05) is 20.3 Å². The Morgan fingerprint density at radius 3 is 3.06 bits per heavy atom. The van der Waals surface area contributed by atoms with E-state index in [0.29, 0.717) is 6.04 Å². The third kappa shape index (κ3) is 3.53. The van der Waals surface area contributed by atoms with Crippen molar-refractivity contribution in [1.82, 2.24) is 10.3 Å². The molecule has 1 aliphatic rings. The van der Waals surface area contributed by atoms with E-state index in [1.807, 2.05) is 11.3 Å². The van der Waals surface area contributed by atoms with Crippen molar-refractivity contribution in [2.24, 2.45) is 0 Å². The molecule has 4 heteroatoms. The molecule has 1 unspecified atom stereocenters. The molecule has 0 amide bonds. The van der Waals surface area contributed by atoms with E-state index >= 15 is 0 Å². The van der Waals surface area contributed by atoms with Crippen LogP contribution in [0.15, 0.2) is 0 Å². The number of thiazole rings is 1. The molecule has 0 spiro atoms. The zero-order valence-corrected chi connectivity index (χ0v) is 12.3. The first-order valence-corrected chi connectivity index (χ1v) is 7.87. The summed E-state index contributed by atoms with van der Waals surface area (Å²) in [4.78, 5) is 6.37. The monoisotopic (exact) mass is 268 g/mol. The number of nitrogens with one attached hydrogen (secondary N) is 1. The highest BCUT2D eigenvalue weighted by molar-refractivity contribution is 7.11. The normalized spacial score (nSPS) is 15.9. The molecular formula is C14H24N2OS. The van der Waals surface area contributed by atoms with Gasteiger partial charge >= 0.3 is 0 Å². The Labute approximate surface area is 114 Å². The van der Waals surface area contributed by atoms with Gasteiger partial charge in [-0.2, -0.15) is 0 Å². The van der Waals surface area contributed by atoms with Crippen molar-refractivity contribution in [3.8, 4) is 0 Å². The van der Waals surface area contributed by atoms with Gasteiger partial charge in [0.25, 0.3) is 0 Å². The van der Waals surface area contributed by atoms with E-state index in [-0.39, 0.29) is 0 Å². The van der Waals surface area contributed by atoms with Crippen molar-refractivity contribution in [1.29, 1.82) is 0 Å². The van der Waals surface area contributed by atoms with Gasteiger partial charge in [0, 0.05) is 18.5 Å². The highest BCUT2D eigenvalue weighted by atomic mass is 32.1. The summed E-state index contributed by atoms with van der Waals surface area (Å²) in [6, 6.07) is 0.427. The third-order valence-corrected chi connectivity index (χ3v) is 4.72. The Balaban J connectivity index is 1.97. The van der Waals surface area contributed by atoms with Gasteiger partial charge in [0.1, 0.15) is 5.01 Å². The van der Waals surface area contributed by atoms with E-state index in [1.54, 1.807) is 7.11 Å². The molecular weight excluding hydrogens is 244 g/mol. The average Bonchev–Trinajstić information content (AvgIpc) is 2.94. The molecule has 0 saturated heterocycles. The summed E-state index contributed by atoms with van der Waals surface area (Å²) in [5.41, 5.74) is 1.37. The Morgan fingerprint density at radius 2 is 2.33 bits per heavy atom. The molecule has 0 radical (unpaired) electrons. The molecule has 0 aromatic carbocycles. The second kappa shape index (κ2) is 7.22. The first kappa shape index (κ1) is 14.0. The lowest BCUT2D eigenvalue weighted by atomic mass is 10.1. The van der Waals surface area contributed by atoms with Crippen LogP contribution in [-0.2, 0) is 17.6 Å². The van der Waals surface area contributed by atoms with Gasteiger partial charge < -0.3 is 10.1 Å². The number of nitrogens with zero attached hydrogens (tertiary/aromatic N) is 1. The minimum absolute atomic E-state index is 0.427. The number of fused-ring (bicyclic) bond motifs is 1. The van der Waals surface area contributed by atoms with E-state index in [0.717, 1.165) is 13.2 Å². The van der Waals surface area contributed by atoms with Crippen LogP contribution >= 0.6 is 11.3 Å². The number of hydrogen-bond acceptors (Lipinski definition) is 4. The Kier molecular flexibility index (Phi) is 5.60. The number of aryl methyl sites for hydroxylation is 2. The quantitative estimate of drug-likeness (QED) is 0.736. The molecule has 1 atom stereocenters. The fraction of sp³-hybridized carbons (Fsp3) is 0.786. The predicted octanol–water partition coefficient (Wildman–Crippen LogP) is 3.10.